The topological polar surface area (TPSA) is 29.5 Å². The van der Waals surface area contributed by atoms with Crippen molar-refractivity contribution in [2.24, 2.45) is 0 Å². The zero-order valence-corrected chi connectivity index (χ0v) is 14.6. The van der Waals surface area contributed by atoms with Crippen molar-refractivity contribution in [1.29, 1.82) is 0 Å². The monoisotopic (exact) mass is 335 g/mol. The summed E-state index contributed by atoms with van der Waals surface area (Å²) in [7, 11) is 0. The van der Waals surface area contributed by atoms with E-state index in [4.69, 9.17) is 4.74 Å². The summed E-state index contributed by atoms with van der Waals surface area (Å²) in [6, 6.07) is 19.0. The van der Waals surface area contributed by atoms with Gasteiger partial charge >= 0.3 is 0 Å². The highest BCUT2D eigenvalue weighted by molar-refractivity contribution is 5.76. The van der Waals surface area contributed by atoms with E-state index < -0.39 is 0 Å². The van der Waals surface area contributed by atoms with Gasteiger partial charge in [0.05, 0.1) is 5.60 Å². The number of carbonyl (C=O) groups excluding carboxylic acids is 1. The number of hydrogen-bond donors (Lipinski definition) is 0. The molecule has 4 rings (SSSR count). The van der Waals surface area contributed by atoms with E-state index in [1.807, 2.05) is 11.0 Å². The summed E-state index contributed by atoms with van der Waals surface area (Å²) < 4.78 is 5.99. The minimum atomic E-state index is -0.0262. The van der Waals surface area contributed by atoms with Gasteiger partial charge in [0.15, 0.2) is 0 Å². The summed E-state index contributed by atoms with van der Waals surface area (Å²) in [4.78, 5) is 14.5. The SMILES string of the molecule is O=C1CCC2(CCCO2)CCN1Cc1ccc(-c2ccccc2)cc1. The molecule has 130 valence electrons. The van der Waals surface area contributed by atoms with Crippen LogP contribution in [0, 0.1) is 0 Å². The number of hydrogen-bond acceptors (Lipinski definition) is 2. The minimum absolute atomic E-state index is 0.0262. The van der Waals surface area contributed by atoms with Crippen LogP contribution in [0.3, 0.4) is 0 Å². The molecule has 0 N–H and O–H groups in total. The molecular formula is C22H25NO2. The van der Waals surface area contributed by atoms with E-state index in [2.05, 4.69) is 48.5 Å². The number of carbonyl (C=O) groups is 1. The Kier molecular flexibility index (Phi) is 4.58. The van der Waals surface area contributed by atoms with Crippen molar-refractivity contribution in [2.75, 3.05) is 13.2 Å². The van der Waals surface area contributed by atoms with E-state index in [0.717, 1.165) is 38.8 Å². The van der Waals surface area contributed by atoms with E-state index in [0.29, 0.717) is 13.0 Å². The lowest BCUT2D eigenvalue weighted by Crippen LogP contribution is -2.32. The molecule has 1 atom stereocenters. The van der Waals surface area contributed by atoms with Crippen molar-refractivity contribution in [3.63, 3.8) is 0 Å². The van der Waals surface area contributed by atoms with Crippen LogP contribution in [0.25, 0.3) is 11.1 Å². The zero-order chi connectivity index (χ0) is 17.1. The fourth-order valence-corrected chi connectivity index (χ4v) is 4.05. The molecule has 2 aliphatic heterocycles. The summed E-state index contributed by atoms with van der Waals surface area (Å²) in [6.45, 7) is 2.36. The standard InChI is InChI=1S/C22H25NO2/c24-21-11-13-22(12-4-16-25-22)14-15-23(21)17-18-7-9-20(10-8-18)19-5-2-1-3-6-19/h1-3,5-10H,4,11-17H2. The van der Waals surface area contributed by atoms with Crippen molar-refractivity contribution in [2.45, 2.75) is 44.2 Å². The van der Waals surface area contributed by atoms with Gasteiger partial charge in [-0.25, -0.2) is 0 Å². The molecule has 2 aromatic rings. The molecule has 2 saturated heterocycles. The Morgan fingerprint density at radius 1 is 0.920 bits per heavy atom. The number of nitrogens with zero attached hydrogens (tertiary/aromatic N) is 1. The highest BCUT2D eigenvalue weighted by Crippen LogP contribution is 2.36. The van der Waals surface area contributed by atoms with Gasteiger partial charge in [-0.2, -0.15) is 0 Å². The van der Waals surface area contributed by atoms with Crippen molar-refractivity contribution in [3.8, 4) is 11.1 Å². The van der Waals surface area contributed by atoms with Gasteiger partial charge in [-0.1, -0.05) is 54.6 Å². The normalized spacial score (nSPS) is 23.8. The third kappa shape index (κ3) is 3.62. The van der Waals surface area contributed by atoms with Crippen molar-refractivity contribution >= 4 is 5.91 Å². The smallest absolute Gasteiger partial charge is 0.222 e. The maximum Gasteiger partial charge on any atom is 0.222 e. The second-order valence-corrected chi connectivity index (χ2v) is 7.26. The van der Waals surface area contributed by atoms with Crippen LogP contribution in [-0.2, 0) is 16.1 Å². The zero-order valence-electron chi connectivity index (χ0n) is 14.6. The summed E-state index contributed by atoms with van der Waals surface area (Å²) in [5, 5.41) is 0. The molecule has 2 heterocycles. The number of amides is 1. The van der Waals surface area contributed by atoms with Gasteiger partial charge in [0.2, 0.25) is 5.91 Å². The molecule has 3 nitrogen and oxygen atoms in total. The summed E-state index contributed by atoms with van der Waals surface area (Å²) in [5.41, 5.74) is 3.60. The van der Waals surface area contributed by atoms with Crippen LogP contribution in [-0.4, -0.2) is 29.6 Å². The van der Waals surface area contributed by atoms with Crippen molar-refractivity contribution in [3.05, 3.63) is 60.2 Å². The molecule has 3 heteroatoms. The molecule has 2 aromatic carbocycles. The number of ether oxygens (including phenoxy) is 1. The van der Waals surface area contributed by atoms with Crippen LogP contribution in [0.1, 0.15) is 37.7 Å². The van der Waals surface area contributed by atoms with Crippen LogP contribution in [0.5, 0.6) is 0 Å². The van der Waals surface area contributed by atoms with Crippen molar-refractivity contribution in [1.82, 2.24) is 4.90 Å². The first kappa shape index (κ1) is 16.3. The van der Waals surface area contributed by atoms with E-state index in [1.165, 1.54) is 16.7 Å². The molecule has 1 unspecified atom stereocenters. The van der Waals surface area contributed by atoms with Crippen LogP contribution >= 0.6 is 0 Å². The van der Waals surface area contributed by atoms with Crippen molar-refractivity contribution < 1.29 is 9.53 Å². The molecule has 0 aromatic heterocycles. The molecule has 1 amide bonds. The number of benzene rings is 2. The Balaban J connectivity index is 1.43. The minimum Gasteiger partial charge on any atom is -0.375 e. The lowest BCUT2D eigenvalue weighted by atomic mass is 9.92. The van der Waals surface area contributed by atoms with Gasteiger partial charge in [0.1, 0.15) is 0 Å². The number of likely N-dealkylation sites (tertiary alicyclic amines) is 1. The maximum atomic E-state index is 12.5. The Labute approximate surface area is 149 Å². The third-order valence-corrected chi connectivity index (χ3v) is 5.60. The van der Waals surface area contributed by atoms with E-state index >= 15 is 0 Å². The average molecular weight is 335 g/mol. The van der Waals surface area contributed by atoms with E-state index in [9.17, 15) is 4.79 Å². The van der Waals surface area contributed by atoms with Gasteiger partial charge in [0, 0.05) is 26.1 Å². The fraction of sp³-hybridized carbons (Fsp3) is 0.409. The predicted molar refractivity (Wildman–Crippen MR) is 99.1 cm³/mol. The van der Waals surface area contributed by atoms with Gasteiger partial charge in [-0.3, -0.25) is 4.79 Å². The van der Waals surface area contributed by atoms with Crippen LogP contribution in [0.4, 0.5) is 0 Å². The molecular weight excluding hydrogens is 310 g/mol. The van der Waals surface area contributed by atoms with Crippen LogP contribution in [0.2, 0.25) is 0 Å². The Morgan fingerprint density at radius 2 is 1.68 bits per heavy atom. The summed E-state index contributed by atoms with van der Waals surface area (Å²) in [6.07, 6.45) is 4.72. The third-order valence-electron chi connectivity index (χ3n) is 5.60. The molecule has 0 aliphatic carbocycles. The second kappa shape index (κ2) is 7.01. The highest BCUT2D eigenvalue weighted by atomic mass is 16.5. The van der Waals surface area contributed by atoms with Gasteiger partial charge in [-0.15, -0.1) is 0 Å². The summed E-state index contributed by atoms with van der Waals surface area (Å²) in [5.74, 6) is 0.263. The summed E-state index contributed by atoms with van der Waals surface area (Å²) >= 11 is 0. The van der Waals surface area contributed by atoms with Crippen LogP contribution in [0.15, 0.2) is 54.6 Å². The Morgan fingerprint density at radius 3 is 2.40 bits per heavy atom. The molecule has 0 radical (unpaired) electrons. The lowest BCUT2D eigenvalue weighted by molar-refractivity contribution is -0.131. The molecule has 1 spiro atoms. The first-order valence-corrected chi connectivity index (χ1v) is 9.30. The highest BCUT2D eigenvalue weighted by Gasteiger charge is 2.38. The Hall–Kier alpha value is -2.13. The maximum absolute atomic E-state index is 12.5. The van der Waals surface area contributed by atoms with Gasteiger partial charge < -0.3 is 9.64 Å². The van der Waals surface area contributed by atoms with Gasteiger partial charge in [-0.05, 0) is 42.4 Å². The lowest BCUT2D eigenvalue weighted by Gasteiger charge is -2.26. The van der Waals surface area contributed by atoms with E-state index in [1.54, 1.807) is 0 Å². The van der Waals surface area contributed by atoms with Gasteiger partial charge in [0.25, 0.3) is 0 Å². The first-order chi connectivity index (χ1) is 12.2. The molecule has 0 saturated carbocycles. The largest absolute Gasteiger partial charge is 0.375 e. The Bertz CT molecular complexity index is 717. The van der Waals surface area contributed by atoms with E-state index in [-0.39, 0.29) is 11.5 Å². The molecule has 2 aliphatic rings. The van der Waals surface area contributed by atoms with Crippen LogP contribution < -0.4 is 0 Å². The fourth-order valence-electron chi connectivity index (χ4n) is 4.05. The molecule has 0 bridgehead atoms. The quantitative estimate of drug-likeness (QED) is 0.831. The predicted octanol–water partition coefficient (Wildman–Crippen LogP) is 4.42. The number of rotatable bonds is 3. The molecule has 25 heavy (non-hydrogen) atoms. The first-order valence-electron chi connectivity index (χ1n) is 9.30. The molecule has 2 fully saturated rings. The average Bonchev–Trinajstić information content (AvgIpc) is 3.07. The second-order valence-electron chi connectivity index (χ2n) is 7.26.